The summed E-state index contributed by atoms with van der Waals surface area (Å²) in [4.78, 5) is 18.8. The molecule has 0 saturated carbocycles. The van der Waals surface area contributed by atoms with Gasteiger partial charge in [0.2, 0.25) is 0 Å². The SMILES string of the molecule is Nc1nc2nc[nH]n2c(=O)c1N. The Balaban J connectivity index is 3.05. The predicted molar refractivity (Wildman–Crippen MR) is 42.4 cm³/mol. The van der Waals surface area contributed by atoms with E-state index in [1.165, 1.54) is 6.33 Å². The van der Waals surface area contributed by atoms with Crippen LogP contribution >= 0.6 is 0 Å². The van der Waals surface area contributed by atoms with Gasteiger partial charge in [-0.25, -0.2) is 4.98 Å². The van der Waals surface area contributed by atoms with Crippen LogP contribution in [-0.2, 0) is 0 Å². The molecule has 0 aliphatic carbocycles. The van der Waals surface area contributed by atoms with Crippen LogP contribution in [0.25, 0.3) is 5.78 Å². The summed E-state index contributed by atoms with van der Waals surface area (Å²) in [5, 5.41) is 2.55. The molecule has 12 heavy (non-hydrogen) atoms. The summed E-state index contributed by atoms with van der Waals surface area (Å²) in [6.45, 7) is 0. The minimum absolute atomic E-state index is 0.00657. The molecule has 0 radical (unpaired) electrons. The zero-order valence-electron chi connectivity index (χ0n) is 5.98. The van der Waals surface area contributed by atoms with Crippen molar-refractivity contribution in [3.8, 4) is 0 Å². The van der Waals surface area contributed by atoms with Gasteiger partial charge >= 0.3 is 0 Å². The summed E-state index contributed by atoms with van der Waals surface area (Å²) >= 11 is 0. The van der Waals surface area contributed by atoms with Gasteiger partial charge in [0.05, 0.1) is 0 Å². The van der Waals surface area contributed by atoms with Crippen LogP contribution in [0.3, 0.4) is 0 Å². The summed E-state index contributed by atoms with van der Waals surface area (Å²) in [6, 6.07) is 0. The van der Waals surface area contributed by atoms with Gasteiger partial charge in [0, 0.05) is 0 Å². The number of nitrogen functional groups attached to an aromatic ring is 2. The molecule has 0 aromatic carbocycles. The fourth-order valence-electron chi connectivity index (χ4n) is 0.886. The molecule has 7 heteroatoms. The Hall–Kier alpha value is -2.05. The van der Waals surface area contributed by atoms with Crippen LogP contribution in [-0.4, -0.2) is 19.6 Å². The van der Waals surface area contributed by atoms with E-state index in [-0.39, 0.29) is 17.3 Å². The van der Waals surface area contributed by atoms with E-state index in [0.29, 0.717) is 0 Å². The van der Waals surface area contributed by atoms with E-state index in [9.17, 15) is 4.79 Å². The molecule has 0 saturated heterocycles. The van der Waals surface area contributed by atoms with E-state index in [1.807, 2.05) is 0 Å². The third kappa shape index (κ3) is 0.669. The molecule has 7 nitrogen and oxygen atoms in total. The summed E-state index contributed by atoms with van der Waals surface area (Å²) in [5.41, 5.74) is 10.2. The molecule has 0 amide bonds. The number of fused-ring (bicyclic) bond motifs is 1. The average Bonchev–Trinajstić information content (AvgIpc) is 2.48. The number of nitrogens with zero attached hydrogens (tertiary/aromatic N) is 3. The Morgan fingerprint density at radius 2 is 2.25 bits per heavy atom. The lowest BCUT2D eigenvalue weighted by atomic mass is 10.5. The highest BCUT2D eigenvalue weighted by Crippen LogP contribution is 2.03. The van der Waals surface area contributed by atoms with Crippen molar-refractivity contribution in [1.29, 1.82) is 0 Å². The lowest BCUT2D eigenvalue weighted by Crippen LogP contribution is -2.21. The van der Waals surface area contributed by atoms with Crippen molar-refractivity contribution in [2.45, 2.75) is 0 Å². The average molecular weight is 166 g/mol. The van der Waals surface area contributed by atoms with E-state index in [1.54, 1.807) is 0 Å². The molecule has 0 spiro atoms. The Bertz CT molecular complexity index is 482. The first kappa shape index (κ1) is 6.65. The smallest absolute Gasteiger partial charge is 0.299 e. The number of nitrogens with two attached hydrogens (primary N) is 2. The molecular weight excluding hydrogens is 160 g/mol. The highest BCUT2D eigenvalue weighted by molar-refractivity contribution is 5.59. The van der Waals surface area contributed by atoms with E-state index in [4.69, 9.17) is 11.5 Å². The van der Waals surface area contributed by atoms with Crippen molar-refractivity contribution in [2.75, 3.05) is 11.5 Å². The quantitative estimate of drug-likeness (QED) is 0.444. The number of rotatable bonds is 0. The lowest BCUT2D eigenvalue weighted by Gasteiger charge is -1.96. The van der Waals surface area contributed by atoms with Gasteiger partial charge < -0.3 is 11.5 Å². The number of aromatic amines is 1. The van der Waals surface area contributed by atoms with E-state index in [2.05, 4.69) is 15.1 Å². The van der Waals surface area contributed by atoms with E-state index in [0.717, 1.165) is 4.52 Å². The highest BCUT2D eigenvalue weighted by Gasteiger charge is 2.06. The van der Waals surface area contributed by atoms with Gasteiger partial charge in [-0.2, -0.15) is 9.50 Å². The normalized spacial score (nSPS) is 10.7. The highest BCUT2D eigenvalue weighted by atomic mass is 16.1. The van der Waals surface area contributed by atoms with Gasteiger partial charge in [0.1, 0.15) is 12.0 Å². The van der Waals surface area contributed by atoms with Crippen molar-refractivity contribution in [3.63, 3.8) is 0 Å². The maximum Gasteiger partial charge on any atom is 0.299 e. The van der Waals surface area contributed by atoms with Crippen molar-refractivity contribution < 1.29 is 0 Å². The number of anilines is 2. The first-order chi connectivity index (χ1) is 5.70. The van der Waals surface area contributed by atoms with Crippen LogP contribution in [0.2, 0.25) is 0 Å². The molecule has 62 valence electrons. The lowest BCUT2D eigenvalue weighted by molar-refractivity contribution is 0.905. The first-order valence-electron chi connectivity index (χ1n) is 3.17. The third-order valence-corrected chi connectivity index (χ3v) is 1.50. The molecule has 0 aliphatic rings. The molecule has 2 rings (SSSR count). The van der Waals surface area contributed by atoms with E-state index < -0.39 is 5.56 Å². The fourth-order valence-corrected chi connectivity index (χ4v) is 0.886. The largest absolute Gasteiger partial charge is 0.391 e. The Labute approximate surface area is 66.0 Å². The number of aromatic nitrogens is 4. The van der Waals surface area contributed by atoms with Crippen LogP contribution in [0.1, 0.15) is 0 Å². The minimum atomic E-state index is -0.435. The maximum absolute atomic E-state index is 11.3. The molecule has 2 heterocycles. The summed E-state index contributed by atoms with van der Waals surface area (Å²) in [5.74, 6) is 0.221. The standard InChI is InChI=1S/C5H6N6O/c6-2-3(7)10-5-8-1-9-11(5)4(2)12/h1H,6-7H2,(H,8,9,10). The van der Waals surface area contributed by atoms with Crippen LogP contribution in [0.15, 0.2) is 11.1 Å². The molecule has 0 atom stereocenters. The summed E-state index contributed by atoms with van der Waals surface area (Å²) < 4.78 is 1.12. The van der Waals surface area contributed by atoms with Crippen LogP contribution in [0.5, 0.6) is 0 Å². The van der Waals surface area contributed by atoms with Crippen molar-refractivity contribution in [1.82, 2.24) is 19.6 Å². The summed E-state index contributed by atoms with van der Waals surface area (Å²) in [7, 11) is 0. The Morgan fingerprint density at radius 3 is 3.00 bits per heavy atom. The second-order valence-corrected chi connectivity index (χ2v) is 2.24. The maximum atomic E-state index is 11.3. The number of hydrogen-bond acceptors (Lipinski definition) is 5. The zero-order valence-corrected chi connectivity index (χ0v) is 5.98. The monoisotopic (exact) mass is 166 g/mol. The van der Waals surface area contributed by atoms with Gasteiger partial charge in [0.15, 0.2) is 5.82 Å². The first-order valence-corrected chi connectivity index (χ1v) is 3.17. The predicted octanol–water partition coefficient (Wildman–Crippen LogP) is -1.42. The van der Waals surface area contributed by atoms with Gasteiger partial charge in [-0.3, -0.25) is 9.89 Å². The molecule has 5 N–H and O–H groups in total. The molecule has 0 unspecified atom stereocenters. The number of hydrogen-bond donors (Lipinski definition) is 3. The number of nitrogens with one attached hydrogen (secondary N) is 1. The van der Waals surface area contributed by atoms with Crippen molar-refractivity contribution in [3.05, 3.63) is 16.7 Å². The fraction of sp³-hybridized carbons (Fsp3) is 0. The molecule has 0 bridgehead atoms. The topological polar surface area (TPSA) is 115 Å². The van der Waals surface area contributed by atoms with Gasteiger partial charge in [-0.05, 0) is 0 Å². The van der Waals surface area contributed by atoms with Crippen molar-refractivity contribution >= 4 is 17.3 Å². The molecule has 0 aliphatic heterocycles. The van der Waals surface area contributed by atoms with Crippen LogP contribution in [0.4, 0.5) is 11.5 Å². The van der Waals surface area contributed by atoms with Crippen LogP contribution < -0.4 is 17.0 Å². The van der Waals surface area contributed by atoms with Gasteiger partial charge in [-0.1, -0.05) is 0 Å². The van der Waals surface area contributed by atoms with Gasteiger partial charge in [-0.15, -0.1) is 0 Å². The zero-order chi connectivity index (χ0) is 8.72. The van der Waals surface area contributed by atoms with Crippen molar-refractivity contribution in [2.24, 2.45) is 0 Å². The third-order valence-electron chi connectivity index (χ3n) is 1.50. The van der Waals surface area contributed by atoms with Crippen LogP contribution in [0, 0.1) is 0 Å². The Kier molecular flexibility index (Phi) is 1.09. The summed E-state index contributed by atoms with van der Waals surface area (Å²) in [6.07, 6.45) is 1.34. The van der Waals surface area contributed by atoms with E-state index >= 15 is 0 Å². The molecule has 2 aromatic rings. The molecule has 0 fully saturated rings. The number of H-pyrrole nitrogens is 1. The second kappa shape index (κ2) is 1.97. The molecular formula is C5H6N6O. The minimum Gasteiger partial charge on any atom is -0.391 e. The Morgan fingerprint density at radius 1 is 1.50 bits per heavy atom. The molecule has 2 aromatic heterocycles. The second-order valence-electron chi connectivity index (χ2n) is 2.24. The van der Waals surface area contributed by atoms with Gasteiger partial charge in [0.25, 0.3) is 11.3 Å².